The number of anilines is 1. The minimum Gasteiger partial charge on any atom is -0.369 e. The Morgan fingerprint density at radius 2 is 2.12 bits per heavy atom. The van der Waals surface area contributed by atoms with Crippen LogP contribution in [0.2, 0.25) is 0 Å². The van der Waals surface area contributed by atoms with Gasteiger partial charge in [0.15, 0.2) is 5.78 Å². The molecule has 88 valence electrons. The van der Waals surface area contributed by atoms with Gasteiger partial charge in [0.1, 0.15) is 5.82 Å². The van der Waals surface area contributed by atoms with Crippen LogP contribution in [-0.2, 0) is 0 Å². The van der Waals surface area contributed by atoms with Crippen LogP contribution in [0.15, 0.2) is 18.2 Å². The van der Waals surface area contributed by atoms with E-state index in [0.717, 1.165) is 6.42 Å². The standard InChI is InChI=1S/C13H18FNO/c1-5-9(2)15(4)13-11(10(3)16)7-6-8-12(13)14/h6-9H,5H2,1-4H3. The molecule has 1 rings (SSSR count). The lowest BCUT2D eigenvalue weighted by Crippen LogP contribution is -2.30. The maximum absolute atomic E-state index is 13.8. The number of nitrogens with zero attached hydrogens (tertiary/aromatic N) is 1. The van der Waals surface area contributed by atoms with E-state index in [1.807, 2.05) is 25.8 Å². The van der Waals surface area contributed by atoms with Crippen LogP contribution < -0.4 is 4.90 Å². The summed E-state index contributed by atoms with van der Waals surface area (Å²) in [4.78, 5) is 13.3. The van der Waals surface area contributed by atoms with Crippen LogP contribution in [0.3, 0.4) is 0 Å². The largest absolute Gasteiger partial charge is 0.369 e. The summed E-state index contributed by atoms with van der Waals surface area (Å²) in [7, 11) is 1.82. The number of para-hydroxylation sites is 1. The summed E-state index contributed by atoms with van der Waals surface area (Å²) in [5.74, 6) is -0.444. The maximum Gasteiger partial charge on any atom is 0.161 e. The molecule has 3 heteroatoms. The monoisotopic (exact) mass is 223 g/mol. The minimum atomic E-state index is -0.337. The second-order valence-electron chi connectivity index (χ2n) is 4.06. The number of hydrogen-bond acceptors (Lipinski definition) is 2. The first-order valence-electron chi connectivity index (χ1n) is 5.51. The number of benzene rings is 1. The highest BCUT2D eigenvalue weighted by molar-refractivity contribution is 5.99. The molecule has 0 aliphatic heterocycles. The second-order valence-corrected chi connectivity index (χ2v) is 4.06. The summed E-state index contributed by atoms with van der Waals surface area (Å²) in [6, 6.07) is 4.83. The van der Waals surface area contributed by atoms with Crippen molar-refractivity contribution >= 4 is 11.5 Å². The molecule has 0 aliphatic carbocycles. The predicted octanol–water partition coefficient (Wildman–Crippen LogP) is 3.26. The van der Waals surface area contributed by atoms with Gasteiger partial charge in [0, 0.05) is 18.7 Å². The Morgan fingerprint density at radius 3 is 2.62 bits per heavy atom. The van der Waals surface area contributed by atoms with Crippen LogP contribution in [-0.4, -0.2) is 18.9 Å². The summed E-state index contributed by atoms with van der Waals surface area (Å²) in [6.45, 7) is 5.51. The summed E-state index contributed by atoms with van der Waals surface area (Å²) in [5, 5.41) is 0. The van der Waals surface area contributed by atoms with Gasteiger partial charge < -0.3 is 4.90 Å². The number of ketones is 1. The number of halogens is 1. The van der Waals surface area contributed by atoms with E-state index >= 15 is 0 Å². The molecule has 1 unspecified atom stereocenters. The van der Waals surface area contributed by atoms with Crippen molar-refractivity contribution in [1.82, 2.24) is 0 Å². The van der Waals surface area contributed by atoms with E-state index in [2.05, 4.69) is 0 Å². The first kappa shape index (κ1) is 12.7. The van der Waals surface area contributed by atoms with Gasteiger partial charge in [0.05, 0.1) is 5.69 Å². The van der Waals surface area contributed by atoms with Crippen molar-refractivity contribution in [3.63, 3.8) is 0 Å². The van der Waals surface area contributed by atoms with E-state index < -0.39 is 0 Å². The molecular weight excluding hydrogens is 205 g/mol. The summed E-state index contributed by atoms with van der Waals surface area (Å²) < 4.78 is 13.8. The Bertz CT molecular complexity index is 390. The molecular formula is C13H18FNO. The minimum absolute atomic E-state index is 0.107. The molecule has 0 fully saturated rings. The third-order valence-corrected chi connectivity index (χ3v) is 2.97. The Balaban J connectivity index is 3.24. The molecule has 0 aromatic heterocycles. The second kappa shape index (κ2) is 5.10. The number of carbonyl (C=O) groups excluding carboxylic acids is 1. The lowest BCUT2D eigenvalue weighted by Gasteiger charge is -2.28. The van der Waals surface area contributed by atoms with Gasteiger partial charge in [-0.25, -0.2) is 4.39 Å². The van der Waals surface area contributed by atoms with Crippen molar-refractivity contribution < 1.29 is 9.18 Å². The highest BCUT2D eigenvalue weighted by atomic mass is 19.1. The number of carbonyl (C=O) groups is 1. The first-order valence-corrected chi connectivity index (χ1v) is 5.51. The van der Waals surface area contributed by atoms with Crippen LogP contribution >= 0.6 is 0 Å². The highest BCUT2D eigenvalue weighted by Crippen LogP contribution is 2.26. The van der Waals surface area contributed by atoms with E-state index in [1.54, 1.807) is 12.1 Å². The molecule has 2 nitrogen and oxygen atoms in total. The fourth-order valence-electron chi connectivity index (χ4n) is 1.65. The van der Waals surface area contributed by atoms with Crippen molar-refractivity contribution in [2.75, 3.05) is 11.9 Å². The lowest BCUT2D eigenvalue weighted by atomic mass is 10.1. The molecule has 0 N–H and O–H groups in total. The Morgan fingerprint density at radius 1 is 1.50 bits per heavy atom. The first-order chi connectivity index (χ1) is 7.49. The normalized spacial score (nSPS) is 12.3. The molecule has 0 radical (unpaired) electrons. The Kier molecular flexibility index (Phi) is 4.05. The Hall–Kier alpha value is -1.38. The summed E-state index contributed by atoms with van der Waals surface area (Å²) in [5.41, 5.74) is 0.854. The van der Waals surface area contributed by atoms with Gasteiger partial charge >= 0.3 is 0 Å². The predicted molar refractivity (Wildman–Crippen MR) is 64.6 cm³/mol. The van der Waals surface area contributed by atoms with E-state index in [1.165, 1.54) is 13.0 Å². The van der Waals surface area contributed by atoms with Crippen LogP contribution in [0.4, 0.5) is 10.1 Å². The third kappa shape index (κ3) is 2.40. The van der Waals surface area contributed by atoms with Crippen LogP contribution in [0.5, 0.6) is 0 Å². The Labute approximate surface area is 96.1 Å². The molecule has 0 saturated carbocycles. The third-order valence-electron chi connectivity index (χ3n) is 2.97. The van der Waals surface area contributed by atoms with Gasteiger partial charge in [-0.15, -0.1) is 0 Å². The molecule has 1 atom stereocenters. The number of rotatable bonds is 4. The van der Waals surface area contributed by atoms with Gasteiger partial charge in [0.25, 0.3) is 0 Å². The quantitative estimate of drug-likeness (QED) is 0.730. The molecule has 0 amide bonds. The van der Waals surface area contributed by atoms with Crippen LogP contribution in [0, 0.1) is 5.82 Å². The van der Waals surface area contributed by atoms with Crippen molar-refractivity contribution in [2.24, 2.45) is 0 Å². The smallest absolute Gasteiger partial charge is 0.161 e. The van der Waals surface area contributed by atoms with E-state index in [9.17, 15) is 9.18 Å². The molecule has 0 aliphatic rings. The average Bonchev–Trinajstić information content (AvgIpc) is 2.26. The summed E-state index contributed by atoms with van der Waals surface area (Å²) >= 11 is 0. The van der Waals surface area contributed by atoms with Gasteiger partial charge in [-0.05, 0) is 32.4 Å². The van der Waals surface area contributed by atoms with Gasteiger partial charge in [0.2, 0.25) is 0 Å². The topological polar surface area (TPSA) is 20.3 Å². The molecule has 1 aromatic carbocycles. The lowest BCUT2D eigenvalue weighted by molar-refractivity contribution is 0.101. The van der Waals surface area contributed by atoms with Crippen molar-refractivity contribution in [3.8, 4) is 0 Å². The van der Waals surface area contributed by atoms with Gasteiger partial charge in [-0.1, -0.05) is 13.0 Å². The molecule has 0 saturated heterocycles. The van der Waals surface area contributed by atoms with Crippen molar-refractivity contribution in [3.05, 3.63) is 29.6 Å². The fraction of sp³-hybridized carbons (Fsp3) is 0.462. The van der Waals surface area contributed by atoms with E-state index in [0.29, 0.717) is 11.3 Å². The zero-order chi connectivity index (χ0) is 12.3. The zero-order valence-corrected chi connectivity index (χ0v) is 10.2. The zero-order valence-electron chi connectivity index (χ0n) is 10.2. The number of Topliss-reactive ketones (excluding diaryl/α,β-unsaturated/α-hetero) is 1. The number of hydrogen-bond donors (Lipinski definition) is 0. The highest BCUT2D eigenvalue weighted by Gasteiger charge is 2.18. The van der Waals surface area contributed by atoms with Gasteiger partial charge in [-0.3, -0.25) is 4.79 Å². The average molecular weight is 223 g/mol. The maximum atomic E-state index is 13.8. The molecule has 0 spiro atoms. The molecule has 0 heterocycles. The van der Waals surface area contributed by atoms with Crippen molar-refractivity contribution in [2.45, 2.75) is 33.2 Å². The van der Waals surface area contributed by atoms with Crippen LogP contribution in [0.25, 0.3) is 0 Å². The molecule has 16 heavy (non-hydrogen) atoms. The molecule has 0 bridgehead atoms. The molecule has 1 aromatic rings. The van der Waals surface area contributed by atoms with Crippen LogP contribution in [0.1, 0.15) is 37.6 Å². The SMILES string of the molecule is CCC(C)N(C)c1c(F)cccc1C(C)=O. The van der Waals surface area contributed by atoms with Crippen molar-refractivity contribution in [1.29, 1.82) is 0 Å². The van der Waals surface area contributed by atoms with Gasteiger partial charge in [-0.2, -0.15) is 0 Å². The summed E-state index contributed by atoms with van der Waals surface area (Å²) in [6.07, 6.45) is 0.905. The van der Waals surface area contributed by atoms with E-state index in [-0.39, 0.29) is 17.6 Å². The van der Waals surface area contributed by atoms with E-state index in [4.69, 9.17) is 0 Å². The fourth-order valence-corrected chi connectivity index (χ4v) is 1.65.